The molecule has 2 aromatic heterocycles. The molecule has 8 heteroatoms. The fourth-order valence-corrected chi connectivity index (χ4v) is 2.25. The Labute approximate surface area is 126 Å². The van der Waals surface area contributed by atoms with Crippen molar-refractivity contribution in [2.24, 2.45) is 0 Å². The van der Waals surface area contributed by atoms with Crippen LogP contribution in [0.3, 0.4) is 0 Å². The summed E-state index contributed by atoms with van der Waals surface area (Å²) in [5.74, 6) is -0.717. The lowest BCUT2D eigenvalue weighted by molar-refractivity contribution is -0.136. The number of anilines is 1. The lowest BCUT2D eigenvalue weighted by Crippen LogP contribution is -2.40. The van der Waals surface area contributed by atoms with Crippen molar-refractivity contribution in [2.45, 2.75) is 6.04 Å². The Kier molecular flexibility index (Phi) is 5.07. The summed E-state index contributed by atoms with van der Waals surface area (Å²) in [5.41, 5.74) is 0. The number of aromatic nitrogens is 1. The molecule has 0 saturated carbocycles. The molecule has 2 aromatic rings. The third kappa shape index (κ3) is 4.14. The van der Waals surface area contributed by atoms with Gasteiger partial charge in [-0.15, -0.1) is 11.3 Å². The molecular formula is C13H16N4O3S. The van der Waals surface area contributed by atoms with Gasteiger partial charge >= 0.3 is 11.8 Å². The zero-order valence-electron chi connectivity index (χ0n) is 11.7. The van der Waals surface area contributed by atoms with Crippen LogP contribution in [0.4, 0.5) is 5.13 Å². The topological polar surface area (TPSA) is 87.5 Å². The zero-order valence-corrected chi connectivity index (χ0v) is 12.5. The predicted molar refractivity (Wildman–Crippen MR) is 78.9 cm³/mol. The maximum absolute atomic E-state index is 11.8. The molecule has 0 aliphatic heterocycles. The molecular weight excluding hydrogens is 292 g/mol. The molecule has 1 unspecified atom stereocenters. The van der Waals surface area contributed by atoms with Crippen molar-refractivity contribution >= 4 is 28.3 Å². The predicted octanol–water partition coefficient (Wildman–Crippen LogP) is 1.09. The average molecular weight is 308 g/mol. The Morgan fingerprint density at radius 1 is 1.43 bits per heavy atom. The number of thiazole rings is 1. The number of carbonyl (C=O) groups excluding carboxylic acids is 2. The van der Waals surface area contributed by atoms with Crippen LogP contribution in [0.5, 0.6) is 0 Å². The molecule has 0 bridgehead atoms. The Bertz CT molecular complexity index is 581. The van der Waals surface area contributed by atoms with Crippen molar-refractivity contribution in [3.05, 3.63) is 35.7 Å². The van der Waals surface area contributed by atoms with E-state index in [0.717, 1.165) is 5.76 Å². The van der Waals surface area contributed by atoms with Crippen LogP contribution in [0.25, 0.3) is 0 Å². The molecule has 21 heavy (non-hydrogen) atoms. The summed E-state index contributed by atoms with van der Waals surface area (Å²) in [4.78, 5) is 29.2. The van der Waals surface area contributed by atoms with Gasteiger partial charge in [0.1, 0.15) is 5.76 Å². The van der Waals surface area contributed by atoms with Crippen LogP contribution >= 0.6 is 11.3 Å². The minimum Gasteiger partial charge on any atom is -0.468 e. The van der Waals surface area contributed by atoms with Gasteiger partial charge in [-0.1, -0.05) is 0 Å². The van der Waals surface area contributed by atoms with Crippen molar-refractivity contribution in [3.8, 4) is 0 Å². The lowest BCUT2D eigenvalue weighted by Gasteiger charge is -2.22. The highest BCUT2D eigenvalue weighted by atomic mass is 32.1. The van der Waals surface area contributed by atoms with Gasteiger partial charge in [0, 0.05) is 18.1 Å². The maximum atomic E-state index is 11.8. The molecule has 2 N–H and O–H groups in total. The van der Waals surface area contributed by atoms with Crippen LogP contribution in [0, 0.1) is 0 Å². The van der Waals surface area contributed by atoms with E-state index in [2.05, 4.69) is 15.6 Å². The van der Waals surface area contributed by atoms with Gasteiger partial charge < -0.3 is 9.73 Å². The number of amides is 2. The van der Waals surface area contributed by atoms with Gasteiger partial charge in [-0.05, 0) is 26.2 Å². The third-order valence-corrected chi connectivity index (χ3v) is 3.50. The first-order valence-corrected chi connectivity index (χ1v) is 7.14. The molecule has 0 fully saturated rings. The fourth-order valence-electron chi connectivity index (χ4n) is 1.73. The number of nitrogens with one attached hydrogen (secondary N) is 2. The molecule has 0 radical (unpaired) electrons. The molecule has 0 aliphatic carbocycles. The smallest absolute Gasteiger partial charge is 0.315 e. The average Bonchev–Trinajstić information content (AvgIpc) is 3.11. The Morgan fingerprint density at radius 2 is 2.24 bits per heavy atom. The van der Waals surface area contributed by atoms with Gasteiger partial charge in [0.2, 0.25) is 0 Å². The van der Waals surface area contributed by atoms with Crippen LogP contribution in [-0.2, 0) is 9.59 Å². The van der Waals surface area contributed by atoms with Gasteiger partial charge in [-0.2, -0.15) is 0 Å². The van der Waals surface area contributed by atoms with E-state index in [4.69, 9.17) is 4.42 Å². The summed E-state index contributed by atoms with van der Waals surface area (Å²) in [6, 6.07) is 3.46. The lowest BCUT2D eigenvalue weighted by atomic mass is 10.2. The van der Waals surface area contributed by atoms with Crippen molar-refractivity contribution in [3.63, 3.8) is 0 Å². The van der Waals surface area contributed by atoms with Gasteiger partial charge in [0.05, 0.1) is 12.3 Å². The summed E-state index contributed by atoms with van der Waals surface area (Å²) in [6.07, 6.45) is 3.12. The van der Waals surface area contributed by atoms with Gasteiger partial charge in [0.25, 0.3) is 0 Å². The van der Waals surface area contributed by atoms with Crippen LogP contribution in [0.2, 0.25) is 0 Å². The van der Waals surface area contributed by atoms with Crippen LogP contribution in [0.15, 0.2) is 34.4 Å². The number of carbonyl (C=O) groups is 2. The first kappa shape index (κ1) is 15.2. The van der Waals surface area contributed by atoms with Crippen LogP contribution in [0.1, 0.15) is 11.8 Å². The first-order valence-electron chi connectivity index (χ1n) is 6.26. The summed E-state index contributed by atoms with van der Waals surface area (Å²) in [5, 5.41) is 7.13. The maximum Gasteiger partial charge on any atom is 0.315 e. The van der Waals surface area contributed by atoms with Crippen LogP contribution in [-0.4, -0.2) is 42.3 Å². The molecule has 0 aliphatic rings. The number of hydrogen-bond acceptors (Lipinski definition) is 6. The van der Waals surface area contributed by atoms with E-state index >= 15 is 0 Å². The monoisotopic (exact) mass is 308 g/mol. The second kappa shape index (κ2) is 7.00. The largest absolute Gasteiger partial charge is 0.468 e. The molecule has 2 rings (SSSR count). The molecule has 2 amide bonds. The summed E-state index contributed by atoms with van der Waals surface area (Å²) in [6.45, 7) is 0.268. The van der Waals surface area contributed by atoms with Gasteiger partial charge in [-0.25, -0.2) is 4.98 Å². The van der Waals surface area contributed by atoms with E-state index in [1.54, 1.807) is 23.9 Å². The molecule has 2 heterocycles. The molecule has 0 spiro atoms. The Morgan fingerprint density at radius 3 is 2.81 bits per heavy atom. The number of rotatable bonds is 5. The van der Waals surface area contributed by atoms with Gasteiger partial charge in [-0.3, -0.25) is 19.8 Å². The highest BCUT2D eigenvalue weighted by molar-refractivity contribution is 7.13. The third-order valence-electron chi connectivity index (χ3n) is 2.81. The van der Waals surface area contributed by atoms with E-state index < -0.39 is 11.8 Å². The number of furan rings is 1. The van der Waals surface area contributed by atoms with E-state index in [1.807, 2.05) is 25.1 Å². The van der Waals surface area contributed by atoms with E-state index in [0.29, 0.717) is 5.13 Å². The second-order valence-electron chi connectivity index (χ2n) is 4.50. The minimum atomic E-state index is -0.734. The highest BCUT2D eigenvalue weighted by Crippen LogP contribution is 2.17. The molecule has 112 valence electrons. The van der Waals surface area contributed by atoms with Crippen molar-refractivity contribution < 1.29 is 14.0 Å². The fraction of sp³-hybridized carbons (Fsp3) is 0.308. The Balaban J connectivity index is 1.88. The van der Waals surface area contributed by atoms with E-state index in [-0.39, 0.29) is 12.6 Å². The second-order valence-corrected chi connectivity index (χ2v) is 5.39. The first-order chi connectivity index (χ1) is 10.1. The Hall–Kier alpha value is -2.19. The van der Waals surface area contributed by atoms with Crippen molar-refractivity contribution in [1.29, 1.82) is 0 Å². The number of likely N-dealkylation sites (N-methyl/N-ethyl adjacent to an activating group) is 1. The molecule has 0 aromatic carbocycles. The summed E-state index contributed by atoms with van der Waals surface area (Å²) >= 11 is 1.25. The molecule has 0 saturated heterocycles. The summed E-state index contributed by atoms with van der Waals surface area (Å²) in [7, 11) is 3.74. The van der Waals surface area contributed by atoms with Crippen molar-refractivity contribution in [1.82, 2.24) is 15.2 Å². The number of nitrogens with zero attached hydrogens (tertiary/aromatic N) is 2. The quantitative estimate of drug-likeness (QED) is 0.808. The number of hydrogen-bond donors (Lipinski definition) is 2. The molecule has 7 nitrogen and oxygen atoms in total. The van der Waals surface area contributed by atoms with Crippen LogP contribution < -0.4 is 10.6 Å². The van der Waals surface area contributed by atoms with Crippen molar-refractivity contribution in [2.75, 3.05) is 26.0 Å². The molecule has 1 atom stereocenters. The highest BCUT2D eigenvalue weighted by Gasteiger charge is 2.20. The summed E-state index contributed by atoms with van der Waals surface area (Å²) < 4.78 is 5.33. The van der Waals surface area contributed by atoms with E-state index in [1.165, 1.54) is 11.3 Å². The van der Waals surface area contributed by atoms with Gasteiger partial charge in [0.15, 0.2) is 5.13 Å². The normalized spacial score (nSPS) is 12.1. The zero-order chi connectivity index (χ0) is 15.2. The van der Waals surface area contributed by atoms with E-state index in [9.17, 15) is 9.59 Å². The standard InChI is InChI=1S/C13H16N4O3S/c1-17(2)9(10-4-3-6-20-10)8-15-11(18)12(19)16-13-14-5-7-21-13/h3-7,9H,8H2,1-2H3,(H,15,18)(H,14,16,19). The SMILES string of the molecule is CN(C)C(CNC(=O)C(=O)Nc1nccs1)c1ccco1. The minimum absolute atomic E-state index is 0.142.